The Labute approximate surface area is 121 Å². The first-order valence-corrected chi connectivity index (χ1v) is 7.36. The molecule has 4 nitrogen and oxygen atoms in total. The van der Waals surface area contributed by atoms with Crippen molar-refractivity contribution in [3.8, 4) is 0 Å². The van der Waals surface area contributed by atoms with E-state index in [9.17, 15) is 4.79 Å². The average Bonchev–Trinajstić information content (AvgIpc) is 2.48. The van der Waals surface area contributed by atoms with Crippen molar-refractivity contribution in [3.63, 3.8) is 0 Å². The van der Waals surface area contributed by atoms with Crippen molar-refractivity contribution in [2.45, 2.75) is 37.6 Å². The van der Waals surface area contributed by atoms with E-state index >= 15 is 0 Å². The van der Waals surface area contributed by atoms with E-state index in [1.165, 1.54) is 6.42 Å². The molecule has 1 fully saturated rings. The highest BCUT2D eigenvalue weighted by Gasteiger charge is 2.32. The fourth-order valence-electron chi connectivity index (χ4n) is 2.85. The molecule has 2 rings (SSSR count). The summed E-state index contributed by atoms with van der Waals surface area (Å²) in [6.07, 6.45) is 5.52. The molecule has 1 saturated carbocycles. The summed E-state index contributed by atoms with van der Waals surface area (Å²) in [6, 6.07) is 7.69. The predicted molar refractivity (Wildman–Crippen MR) is 83.1 cm³/mol. The van der Waals surface area contributed by atoms with Crippen LogP contribution in [0.5, 0.6) is 0 Å². The van der Waals surface area contributed by atoms with E-state index in [1.54, 1.807) is 0 Å². The van der Waals surface area contributed by atoms with Gasteiger partial charge in [-0.1, -0.05) is 25.3 Å². The van der Waals surface area contributed by atoms with E-state index in [-0.39, 0.29) is 11.4 Å². The number of nitrogens with zero attached hydrogens (tertiary/aromatic N) is 1. The number of hydrogen-bond acceptors (Lipinski definition) is 3. The van der Waals surface area contributed by atoms with Crippen LogP contribution in [0.25, 0.3) is 0 Å². The third-order valence-corrected chi connectivity index (χ3v) is 4.20. The zero-order chi connectivity index (χ0) is 14.6. The summed E-state index contributed by atoms with van der Waals surface area (Å²) in [5, 5.41) is 3.18. The lowest BCUT2D eigenvalue weighted by molar-refractivity contribution is 0.0874. The molecule has 0 bridgehead atoms. The van der Waals surface area contributed by atoms with Crippen LogP contribution in [0.1, 0.15) is 42.5 Å². The number of anilines is 1. The molecule has 0 radical (unpaired) electrons. The van der Waals surface area contributed by atoms with Crippen molar-refractivity contribution in [1.29, 1.82) is 0 Å². The molecule has 0 aromatic heterocycles. The molecular formula is C16H25N3O. The lowest BCUT2D eigenvalue weighted by atomic mass is 9.81. The highest BCUT2D eigenvalue weighted by atomic mass is 16.1. The van der Waals surface area contributed by atoms with E-state index in [1.807, 2.05) is 43.3 Å². The number of amides is 1. The van der Waals surface area contributed by atoms with Gasteiger partial charge in [-0.05, 0) is 31.0 Å². The highest BCUT2D eigenvalue weighted by molar-refractivity contribution is 5.95. The third-order valence-electron chi connectivity index (χ3n) is 4.20. The molecule has 0 spiro atoms. The predicted octanol–water partition coefficient (Wildman–Crippen LogP) is 2.14. The Balaban J connectivity index is 2.12. The van der Waals surface area contributed by atoms with Crippen LogP contribution in [-0.2, 0) is 0 Å². The molecule has 3 N–H and O–H groups in total. The quantitative estimate of drug-likeness (QED) is 0.885. The van der Waals surface area contributed by atoms with E-state index in [0.29, 0.717) is 12.1 Å². The Bertz CT molecular complexity index is 465. The largest absolute Gasteiger partial charge is 0.378 e. The molecule has 1 amide bonds. The standard InChI is InChI=1S/C16H25N3O/c1-19(2)14-8-6-7-13(11-14)15(20)18-16(12-17)9-4-3-5-10-16/h6-8,11H,3-5,9-10,12,17H2,1-2H3,(H,18,20). The van der Waals surface area contributed by atoms with Crippen molar-refractivity contribution < 1.29 is 4.79 Å². The fourth-order valence-corrected chi connectivity index (χ4v) is 2.85. The van der Waals surface area contributed by atoms with Crippen LogP contribution in [-0.4, -0.2) is 32.1 Å². The van der Waals surface area contributed by atoms with Gasteiger partial charge >= 0.3 is 0 Å². The maximum Gasteiger partial charge on any atom is 0.251 e. The Morgan fingerprint density at radius 3 is 2.60 bits per heavy atom. The van der Waals surface area contributed by atoms with Crippen molar-refractivity contribution in [2.75, 3.05) is 25.5 Å². The van der Waals surface area contributed by atoms with Crippen LogP contribution in [0.2, 0.25) is 0 Å². The molecule has 1 aromatic carbocycles. The minimum atomic E-state index is -0.205. The molecule has 110 valence electrons. The van der Waals surface area contributed by atoms with Gasteiger partial charge in [-0.2, -0.15) is 0 Å². The summed E-state index contributed by atoms with van der Waals surface area (Å²) in [4.78, 5) is 14.5. The minimum absolute atomic E-state index is 0.0129. The number of carbonyl (C=O) groups is 1. The SMILES string of the molecule is CN(C)c1cccc(C(=O)NC2(CN)CCCCC2)c1. The topological polar surface area (TPSA) is 58.4 Å². The van der Waals surface area contributed by atoms with Crippen LogP contribution < -0.4 is 16.0 Å². The van der Waals surface area contributed by atoms with Crippen LogP contribution in [0, 0.1) is 0 Å². The Morgan fingerprint density at radius 2 is 2.00 bits per heavy atom. The number of rotatable bonds is 4. The van der Waals surface area contributed by atoms with E-state index in [2.05, 4.69) is 5.32 Å². The average molecular weight is 275 g/mol. The normalized spacial score (nSPS) is 17.6. The minimum Gasteiger partial charge on any atom is -0.378 e. The monoisotopic (exact) mass is 275 g/mol. The summed E-state index contributed by atoms with van der Waals surface area (Å²) in [5.74, 6) is -0.0129. The lowest BCUT2D eigenvalue weighted by Crippen LogP contribution is -2.54. The van der Waals surface area contributed by atoms with Crippen molar-refractivity contribution in [2.24, 2.45) is 5.73 Å². The van der Waals surface area contributed by atoms with Crippen molar-refractivity contribution in [3.05, 3.63) is 29.8 Å². The van der Waals surface area contributed by atoms with Gasteiger partial charge in [0.25, 0.3) is 5.91 Å². The number of benzene rings is 1. The van der Waals surface area contributed by atoms with Gasteiger partial charge in [0.1, 0.15) is 0 Å². The summed E-state index contributed by atoms with van der Waals surface area (Å²) < 4.78 is 0. The fraction of sp³-hybridized carbons (Fsp3) is 0.562. The van der Waals surface area contributed by atoms with Gasteiger partial charge in [0, 0.05) is 31.9 Å². The molecule has 1 aromatic rings. The number of carbonyl (C=O) groups excluding carboxylic acids is 1. The third kappa shape index (κ3) is 3.31. The first-order valence-electron chi connectivity index (χ1n) is 7.36. The molecule has 0 aliphatic heterocycles. The molecular weight excluding hydrogens is 250 g/mol. The maximum atomic E-state index is 12.5. The zero-order valence-corrected chi connectivity index (χ0v) is 12.5. The summed E-state index contributed by atoms with van der Waals surface area (Å²) in [7, 11) is 3.94. The van der Waals surface area contributed by atoms with Crippen LogP contribution in [0.3, 0.4) is 0 Å². The molecule has 1 aliphatic rings. The van der Waals surface area contributed by atoms with E-state index in [0.717, 1.165) is 31.4 Å². The Hall–Kier alpha value is -1.55. The molecule has 1 aliphatic carbocycles. The number of nitrogens with two attached hydrogens (primary N) is 1. The van der Waals surface area contributed by atoms with Gasteiger partial charge in [0.2, 0.25) is 0 Å². The number of nitrogens with one attached hydrogen (secondary N) is 1. The number of hydrogen-bond donors (Lipinski definition) is 2. The van der Waals surface area contributed by atoms with Crippen molar-refractivity contribution in [1.82, 2.24) is 5.32 Å². The first kappa shape index (κ1) is 14.9. The summed E-state index contributed by atoms with van der Waals surface area (Å²) in [6.45, 7) is 0.520. The first-order chi connectivity index (χ1) is 9.56. The Kier molecular flexibility index (Phi) is 4.65. The van der Waals surface area contributed by atoms with Gasteiger partial charge in [-0.3, -0.25) is 4.79 Å². The van der Waals surface area contributed by atoms with Gasteiger partial charge in [-0.15, -0.1) is 0 Å². The molecule has 0 atom stereocenters. The second-order valence-electron chi connectivity index (χ2n) is 5.94. The Morgan fingerprint density at radius 1 is 1.30 bits per heavy atom. The van der Waals surface area contributed by atoms with E-state index in [4.69, 9.17) is 5.73 Å². The smallest absolute Gasteiger partial charge is 0.251 e. The molecule has 0 unspecified atom stereocenters. The van der Waals surface area contributed by atoms with Gasteiger partial charge < -0.3 is 16.0 Å². The van der Waals surface area contributed by atoms with E-state index < -0.39 is 0 Å². The second kappa shape index (κ2) is 6.27. The zero-order valence-electron chi connectivity index (χ0n) is 12.5. The second-order valence-corrected chi connectivity index (χ2v) is 5.94. The molecule has 0 saturated heterocycles. The van der Waals surface area contributed by atoms with Crippen LogP contribution in [0.15, 0.2) is 24.3 Å². The lowest BCUT2D eigenvalue weighted by Gasteiger charge is -2.37. The van der Waals surface area contributed by atoms with Crippen LogP contribution in [0.4, 0.5) is 5.69 Å². The molecule has 0 heterocycles. The van der Waals surface area contributed by atoms with Gasteiger partial charge in [0.05, 0.1) is 5.54 Å². The van der Waals surface area contributed by atoms with Crippen molar-refractivity contribution >= 4 is 11.6 Å². The van der Waals surface area contributed by atoms with Crippen LogP contribution >= 0.6 is 0 Å². The maximum absolute atomic E-state index is 12.5. The highest BCUT2D eigenvalue weighted by Crippen LogP contribution is 2.27. The summed E-state index contributed by atoms with van der Waals surface area (Å²) in [5.41, 5.74) is 7.45. The molecule has 20 heavy (non-hydrogen) atoms. The van der Waals surface area contributed by atoms with Gasteiger partial charge in [0.15, 0.2) is 0 Å². The molecule has 4 heteroatoms. The van der Waals surface area contributed by atoms with Gasteiger partial charge in [-0.25, -0.2) is 0 Å². The summed E-state index contributed by atoms with van der Waals surface area (Å²) >= 11 is 0.